The molecule has 2 aromatic rings. The molecule has 0 radical (unpaired) electrons. The number of amides is 1. The quantitative estimate of drug-likeness (QED) is 0.882. The SMILES string of the molecule is O=C(Nc1cn[nH]c1)c1sccc1Br. The molecule has 0 saturated carbocycles. The molecule has 2 aromatic heterocycles. The van der Waals surface area contributed by atoms with E-state index >= 15 is 0 Å². The molecule has 0 bridgehead atoms. The van der Waals surface area contributed by atoms with Gasteiger partial charge in [-0.25, -0.2) is 0 Å². The molecule has 4 nitrogen and oxygen atoms in total. The average Bonchev–Trinajstić information content (AvgIpc) is 2.75. The van der Waals surface area contributed by atoms with Crippen LogP contribution in [0.4, 0.5) is 5.69 Å². The number of nitrogens with one attached hydrogen (secondary N) is 2. The summed E-state index contributed by atoms with van der Waals surface area (Å²) in [5.74, 6) is -0.131. The third-order valence-corrected chi connectivity index (χ3v) is 3.42. The third-order valence-electron chi connectivity index (χ3n) is 1.58. The van der Waals surface area contributed by atoms with E-state index in [4.69, 9.17) is 0 Å². The molecular formula is C8H6BrN3OS. The average molecular weight is 272 g/mol. The number of halogens is 1. The molecule has 0 atom stereocenters. The number of aromatic nitrogens is 2. The Labute approximate surface area is 92.5 Å². The fourth-order valence-electron chi connectivity index (χ4n) is 0.963. The van der Waals surface area contributed by atoms with Gasteiger partial charge in [-0.1, -0.05) is 0 Å². The second-order valence-corrected chi connectivity index (χ2v) is 4.31. The van der Waals surface area contributed by atoms with Crippen LogP contribution in [0.1, 0.15) is 9.67 Å². The molecule has 0 aliphatic rings. The molecule has 0 aromatic carbocycles. The van der Waals surface area contributed by atoms with E-state index in [0.717, 1.165) is 4.47 Å². The molecule has 0 spiro atoms. The van der Waals surface area contributed by atoms with Crippen LogP contribution >= 0.6 is 27.3 Å². The number of aromatic amines is 1. The predicted molar refractivity (Wildman–Crippen MR) is 58.6 cm³/mol. The smallest absolute Gasteiger partial charge is 0.266 e. The van der Waals surface area contributed by atoms with Crippen molar-refractivity contribution in [3.05, 3.63) is 33.2 Å². The number of thiophene rings is 1. The van der Waals surface area contributed by atoms with E-state index in [1.54, 1.807) is 12.4 Å². The normalized spacial score (nSPS) is 10.1. The third kappa shape index (κ3) is 1.85. The van der Waals surface area contributed by atoms with Crippen molar-refractivity contribution in [3.8, 4) is 0 Å². The number of carbonyl (C=O) groups excluding carboxylic acids is 1. The fraction of sp³-hybridized carbons (Fsp3) is 0. The van der Waals surface area contributed by atoms with Crippen LogP contribution in [0.5, 0.6) is 0 Å². The zero-order chi connectivity index (χ0) is 9.97. The second kappa shape index (κ2) is 3.93. The highest BCUT2D eigenvalue weighted by atomic mass is 79.9. The first-order chi connectivity index (χ1) is 6.77. The number of nitrogens with zero attached hydrogens (tertiary/aromatic N) is 1. The van der Waals surface area contributed by atoms with E-state index in [-0.39, 0.29) is 5.91 Å². The molecule has 0 saturated heterocycles. The van der Waals surface area contributed by atoms with Gasteiger partial charge in [0.25, 0.3) is 5.91 Å². The van der Waals surface area contributed by atoms with Crippen LogP contribution in [0.3, 0.4) is 0 Å². The van der Waals surface area contributed by atoms with Crippen LogP contribution in [0.15, 0.2) is 28.3 Å². The van der Waals surface area contributed by atoms with Gasteiger partial charge in [-0.3, -0.25) is 9.89 Å². The topological polar surface area (TPSA) is 57.8 Å². The van der Waals surface area contributed by atoms with Crippen molar-refractivity contribution in [2.45, 2.75) is 0 Å². The van der Waals surface area contributed by atoms with Crippen molar-refractivity contribution in [3.63, 3.8) is 0 Å². The lowest BCUT2D eigenvalue weighted by Crippen LogP contribution is -2.09. The molecule has 14 heavy (non-hydrogen) atoms. The van der Waals surface area contributed by atoms with Crippen LogP contribution in [-0.4, -0.2) is 16.1 Å². The van der Waals surface area contributed by atoms with Gasteiger partial charge in [0.1, 0.15) is 4.88 Å². The summed E-state index contributed by atoms with van der Waals surface area (Å²) in [6.45, 7) is 0. The van der Waals surface area contributed by atoms with Crippen molar-refractivity contribution in [1.82, 2.24) is 10.2 Å². The molecule has 6 heteroatoms. The molecule has 2 rings (SSSR count). The first-order valence-corrected chi connectivity index (χ1v) is 5.48. The van der Waals surface area contributed by atoms with Crippen molar-refractivity contribution in [2.24, 2.45) is 0 Å². The lowest BCUT2D eigenvalue weighted by molar-refractivity contribution is 0.103. The number of hydrogen-bond acceptors (Lipinski definition) is 3. The maximum absolute atomic E-state index is 11.6. The minimum absolute atomic E-state index is 0.131. The Bertz CT molecular complexity index is 437. The maximum atomic E-state index is 11.6. The van der Waals surface area contributed by atoms with Gasteiger partial charge in [0, 0.05) is 10.7 Å². The molecule has 0 aliphatic carbocycles. The van der Waals surface area contributed by atoms with E-state index in [1.165, 1.54) is 11.3 Å². The minimum Gasteiger partial charge on any atom is -0.319 e. The lowest BCUT2D eigenvalue weighted by atomic mass is 10.4. The summed E-state index contributed by atoms with van der Waals surface area (Å²) in [5.41, 5.74) is 0.662. The Hall–Kier alpha value is -1.14. The monoisotopic (exact) mass is 271 g/mol. The van der Waals surface area contributed by atoms with Gasteiger partial charge in [0.2, 0.25) is 0 Å². The van der Waals surface area contributed by atoms with E-state index in [1.807, 2.05) is 11.4 Å². The number of carbonyl (C=O) groups is 1. The molecular weight excluding hydrogens is 266 g/mol. The summed E-state index contributed by atoms with van der Waals surface area (Å²) in [6, 6.07) is 1.84. The molecule has 1 amide bonds. The Morgan fingerprint density at radius 3 is 3.07 bits per heavy atom. The molecule has 0 fully saturated rings. The summed E-state index contributed by atoms with van der Waals surface area (Å²) in [7, 11) is 0. The maximum Gasteiger partial charge on any atom is 0.266 e. The molecule has 0 unspecified atom stereocenters. The first kappa shape index (κ1) is 9.42. The van der Waals surface area contributed by atoms with Gasteiger partial charge in [-0.15, -0.1) is 11.3 Å². The number of rotatable bonds is 2. The van der Waals surface area contributed by atoms with Gasteiger partial charge in [0.05, 0.1) is 11.9 Å². The Balaban J connectivity index is 2.14. The fourth-order valence-corrected chi connectivity index (χ4v) is 2.41. The van der Waals surface area contributed by atoms with Crippen LogP contribution in [0.2, 0.25) is 0 Å². The van der Waals surface area contributed by atoms with Crippen molar-refractivity contribution in [1.29, 1.82) is 0 Å². The predicted octanol–water partition coefficient (Wildman–Crippen LogP) is 2.49. The van der Waals surface area contributed by atoms with Gasteiger partial charge in [-0.2, -0.15) is 5.10 Å². The van der Waals surface area contributed by atoms with Crippen LogP contribution in [-0.2, 0) is 0 Å². The summed E-state index contributed by atoms with van der Waals surface area (Å²) in [6.07, 6.45) is 3.18. The summed E-state index contributed by atoms with van der Waals surface area (Å²) < 4.78 is 0.809. The molecule has 0 aliphatic heterocycles. The van der Waals surface area contributed by atoms with Crippen LogP contribution < -0.4 is 5.32 Å². The minimum atomic E-state index is -0.131. The Kier molecular flexibility index (Phi) is 2.64. The molecule has 72 valence electrons. The summed E-state index contributed by atoms with van der Waals surface area (Å²) in [4.78, 5) is 12.3. The zero-order valence-corrected chi connectivity index (χ0v) is 9.35. The number of H-pyrrole nitrogens is 1. The first-order valence-electron chi connectivity index (χ1n) is 3.80. The van der Waals surface area contributed by atoms with Gasteiger partial charge >= 0.3 is 0 Å². The summed E-state index contributed by atoms with van der Waals surface area (Å²) in [5, 5.41) is 10.9. The number of hydrogen-bond donors (Lipinski definition) is 2. The highest BCUT2D eigenvalue weighted by Crippen LogP contribution is 2.23. The Morgan fingerprint density at radius 1 is 1.64 bits per heavy atom. The van der Waals surface area contributed by atoms with Crippen molar-refractivity contribution in [2.75, 3.05) is 5.32 Å². The number of anilines is 1. The van der Waals surface area contributed by atoms with Gasteiger partial charge in [0.15, 0.2) is 0 Å². The largest absolute Gasteiger partial charge is 0.319 e. The van der Waals surface area contributed by atoms with Crippen molar-refractivity contribution < 1.29 is 4.79 Å². The zero-order valence-electron chi connectivity index (χ0n) is 6.95. The second-order valence-electron chi connectivity index (χ2n) is 2.54. The highest BCUT2D eigenvalue weighted by molar-refractivity contribution is 9.10. The van der Waals surface area contributed by atoms with Gasteiger partial charge < -0.3 is 5.32 Å². The highest BCUT2D eigenvalue weighted by Gasteiger charge is 2.11. The van der Waals surface area contributed by atoms with Gasteiger partial charge in [-0.05, 0) is 27.4 Å². The van der Waals surface area contributed by atoms with E-state index < -0.39 is 0 Å². The van der Waals surface area contributed by atoms with E-state index in [0.29, 0.717) is 10.6 Å². The van der Waals surface area contributed by atoms with E-state index in [9.17, 15) is 4.79 Å². The lowest BCUT2D eigenvalue weighted by Gasteiger charge is -1.99. The Morgan fingerprint density at radius 2 is 2.50 bits per heavy atom. The molecule has 2 N–H and O–H groups in total. The standard InChI is InChI=1S/C8H6BrN3OS/c9-6-1-2-14-7(6)8(13)12-5-3-10-11-4-5/h1-4H,(H,10,11)(H,12,13). The van der Waals surface area contributed by atoms with Crippen molar-refractivity contribution >= 4 is 38.9 Å². The summed E-state index contributed by atoms with van der Waals surface area (Å²) >= 11 is 4.69. The van der Waals surface area contributed by atoms with Crippen LogP contribution in [0.25, 0.3) is 0 Å². The van der Waals surface area contributed by atoms with E-state index in [2.05, 4.69) is 31.4 Å². The molecule has 2 heterocycles. The van der Waals surface area contributed by atoms with Crippen LogP contribution in [0, 0.1) is 0 Å².